The van der Waals surface area contributed by atoms with Crippen molar-refractivity contribution in [3.05, 3.63) is 21.9 Å². The Balaban J connectivity index is 2.61. The van der Waals surface area contributed by atoms with E-state index in [1.807, 2.05) is 25.3 Å². The smallest absolute Gasteiger partial charge is 0.275 e. The first kappa shape index (κ1) is 18.1. The van der Waals surface area contributed by atoms with Gasteiger partial charge in [-0.15, -0.1) is 11.3 Å². The molecule has 1 rings (SSSR count). The number of ether oxygens (including phenoxy) is 2. The highest BCUT2D eigenvalue weighted by Gasteiger charge is 2.15. The van der Waals surface area contributed by atoms with Crippen molar-refractivity contribution in [3.8, 4) is 0 Å². The van der Waals surface area contributed by atoms with Gasteiger partial charge in [0.25, 0.3) is 5.91 Å². The molecule has 3 N–H and O–H groups in total. The number of nitrogens with one attached hydrogen (secondary N) is 1. The van der Waals surface area contributed by atoms with E-state index in [4.69, 9.17) is 15.3 Å². The number of hydrogen-bond donors (Lipinski definition) is 2. The van der Waals surface area contributed by atoms with Crippen LogP contribution in [0.1, 0.15) is 29.1 Å². The number of thiophene rings is 1. The monoisotopic (exact) mass is 315 g/mol. The average Bonchev–Trinajstić information content (AvgIpc) is 2.95. The molecule has 120 valence electrons. The molecule has 0 radical (unpaired) electrons. The Hall–Kier alpha value is -0.990. The van der Waals surface area contributed by atoms with Gasteiger partial charge in [0.1, 0.15) is 0 Å². The predicted molar refractivity (Wildman–Crippen MR) is 84.2 cm³/mol. The Morgan fingerprint density at radius 3 is 2.43 bits per heavy atom. The number of nitrogens with zero attached hydrogens (tertiary/aromatic N) is 1. The number of hydrogen-bond acceptors (Lipinski definition) is 6. The van der Waals surface area contributed by atoms with Crippen LogP contribution in [0.25, 0.3) is 0 Å². The van der Waals surface area contributed by atoms with Gasteiger partial charge in [-0.2, -0.15) is 0 Å². The van der Waals surface area contributed by atoms with Crippen molar-refractivity contribution < 1.29 is 14.3 Å². The fraction of sp³-hybridized carbons (Fsp3) is 0.643. The minimum atomic E-state index is -0.241. The van der Waals surface area contributed by atoms with Gasteiger partial charge in [0.15, 0.2) is 0 Å². The Morgan fingerprint density at radius 1 is 1.29 bits per heavy atom. The maximum absolute atomic E-state index is 11.7. The predicted octanol–water partition coefficient (Wildman–Crippen LogP) is 1.23. The molecule has 0 saturated heterocycles. The van der Waals surface area contributed by atoms with Crippen molar-refractivity contribution in [2.45, 2.75) is 20.4 Å². The summed E-state index contributed by atoms with van der Waals surface area (Å²) >= 11 is 1.40. The average molecular weight is 315 g/mol. The lowest BCUT2D eigenvalue weighted by atomic mass is 10.2. The number of carbonyl (C=O) groups excluding carboxylic acids is 1. The Labute approximate surface area is 130 Å². The van der Waals surface area contributed by atoms with Crippen LogP contribution >= 0.6 is 11.3 Å². The fourth-order valence-corrected chi connectivity index (χ4v) is 2.73. The maximum atomic E-state index is 11.7. The Bertz CT molecular complexity index is 402. The lowest BCUT2D eigenvalue weighted by Gasteiger charge is -2.22. The van der Waals surface area contributed by atoms with E-state index in [1.54, 1.807) is 0 Å². The third kappa shape index (κ3) is 6.54. The van der Waals surface area contributed by atoms with E-state index in [9.17, 15) is 4.79 Å². The van der Waals surface area contributed by atoms with Crippen LogP contribution in [0.5, 0.6) is 0 Å². The van der Waals surface area contributed by atoms with E-state index in [0.717, 1.165) is 18.7 Å². The summed E-state index contributed by atoms with van der Waals surface area (Å²) in [5.41, 5.74) is 3.17. The second-order valence-electron chi connectivity index (χ2n) is 4.42. The van der Waals surface area contributed by atoms with Crippen molar-refractivity contribution >= 4 is 17.2 Å². The third-order valence-corrected chi connectivity index (χ3v) is 3.95. The van der Waals surface area contributed by atoms with Gasteiger partial charge in [0, 0.05) is 32.8 Å². The molecular formula is C14H25N3O3S. The minimum absolute atomic E-state index is 0.241. The van der Waals surface area contributed by atoms with Gasteiger partial charge >= 0.3 is 0 Å². The number of nitrogen functional groups attached to an aromatic ring is 1. The summed E-state index contributed by atoms with van der Waals surface area (Å²) in [6.07, 6.45) is 0. The second-order valence-corrected chi connectivity index (χ2v) is 5.33. The van der Waals surface area contributed by atoms with Gasteiger partial charge in [0.05, 0.1) is 18.1 Å². The summed E-state index contributed by atoms with van der Waals surface area (Å²) < 4.78 is 10.8. The zero-order valence-electron chi connectivity index (χ0n) is 12.8. The van der Waals surface area contributed by atoms with Crippen molar-refractivity contribution in [2.24, 2.45) is 5.84 Å². The summed E-state index contributed by atoms with van der Waals surface area (Å²) in [5.74, 6) is 4.97. The van der Waals surface area contributed by atoms with Gasteiger partial charge < -0.3 is 9.47 Å². The number of amides is 1. The molecule has 0 unspecified atom stereocenters. The maximum Gasteiger partial charge on any atom is 0.275 e. The Morgan fingerprint density at radius 2 is 1.90 bits per heavy atom. The van der Waals surface area contributed by atoms with Crippen LogP contribution in [0.3, 0.4) is 0 Å². The van der Waals surface area contributed by atoms with Crippen molar-refractivity contribution in [3.63, 3.8) is 0 Å². The number of rotatable bonds is 11. The quantitative estimate of drug-likeness (QED) is 0.278. The van der Waals surface area contributed by atoms with Crippen molar-refractivity contribution in [1.29, 1.82) is 0 Å². The molecule has 0 aliphatic rings. The standard InChI is InChI=1S/C14H25N3O3S/c1-3-19-8-6-17(7-9-20-4-2)11-12-5-10-21-13(12)14(18)16-15/h5,10H,3-4,6-9,11,15H2,1-2H3,(H,16,18). The van der Waals surface area contributed by atoms with Gasteiger partial charge in [-0.05, 0) is 30.9 Å². The summed E-state index contributed by atoms with van der Waals surface area (Å²) in [7, 11) is 0. The van der Waals surface area contributed by atoms with E-state index in [-0.39, 0.29) is 5.91 Å². The number of hydrazine groups is 1. The summed E-state index contributed by atoms with van der Waals surface area (Å²) in [6, 6.07) is 1.96. The van der Waals surface area contributed by atoms with E-state index >= 15 is 0 Å². The molecule has 0 saturated carbocycles. The summed E-state index contributed by atoms with van der Waals surface area (Å²) in [6.45, 7) is 9.01. The zero-order valence-corrected chi connectivity index (χ0v) is 13.6. The molecule has 7 heteroatoms. The normalized spacial score (nSPS) is 11.0. The summed E-state index contributed by atoms with van der Waals surface area (Å²) in [5, 5.41) is 1.91. The van der Waals surface area contributed by atoms with Gasteiger partial charge in [-0.1, -0.05) is 0 Å². The van der Waals surface area contributed by atoms with E-state index < -0.39 is 0 Å². The van der Waals surface area contributed by atoms with Crippen LogP contribution in [0, 0.1) is 0 Å². The van der Waals surface area contributed by atoms with Gasteiger partial charge in [0.2, 0.25) is 0 Å². The molecular weight excluding hydrogens is 290 g/mol. The highest BCUT2D eigenvalue weighted by Crippen LogP contribution is 2.18. The topological polar surface area (TPSA) is 76.8 Å². The molecule has 1 aromatic rings. The van der Waals surface area contributed by atoms with Crippen LogP contribution in [-0.2, 0) is 16.0 Å². The number of carbonyl (C=O) groups is 1. The van der Waals surface area contributed by atoms with Crippen LogP contribution in [0.4, 0.5) is 0 Å². The SMILES string of the molecule is CCOCCN(CCOCC)Cc1ccsc1C(=O)NN. The highest BCUT2D eigenvalue weighted by atomic mass is 32.1. The number of nitrogens with two attached hydrogens (primary N) is 1. The third-order valence-electron chi connectivity index (χ3n) is 2.99. The molecule has 0 aliphatic carbocycles. The van der Waals surface area contributed by atoms with E-state index in [1.165, 1.54) is 11.3 Å². The first-order valence-electron chi connectivity index (χ1n) is 7.18. The van der Waals surface area contributed by atoms with Crippen LogP contribution in [0.2, 0.25) is 0 Å². The zero-order chi connectivity index (χ0) is 15.5. The molecule has 0 aliphatic heterocycles. The lowest BCUT2D eigenvalue weighted by Crippen LogP contribution is -2.33. The molecule has 0 aromatic carbocycles. The minimum Gasteiger partial charge on any atom is -0.380 e. The molecule has 0 atom stereocenters. The first-order chi connectivity index (χ1) is 10.2. The second kappa shape index (κ2) is 10.7. The van der Waals surface area contributed by atoms with E-state index in [2.05, 4.69) is 10.3 Å². The molecule has 0 fully saturated rings. The molecule has 0 spiro atoms. The fourth-order valence-electron chi connectivity index (χ4n) is 1.91. The van der Waals surface area contributed by atoms with Crippen molar-refractivity contribution in [1.82, 2.24) is 10.3 Å². The van der Waals surface area contributed by atoms with Gasteiger partial charge in [-0.3, -0.25) is 15.1 Å². The highest BCUT2D eigenvalue weighted by molar-refractivity contribution is 7.12. The van der Waals surface area contributed by atoms with Crippen LogP contribution < -0.4 is 11.3 Å². The van der Waals surface area contributed by atoms with Crippen molar-refractivity contribution in [2.75, 3.05) is 39.5 Å². The summed E-state index contributed by atoms with van der Waals surface area (Å²) in [4.78, 5) is 14.6. The first-order valence-corrected chi connectivity index (χ1v) is 8.06. The molecule has 1 amide bonds. The van der Waals surface area contributed by atoms with E-state index in [0.29, 0.717) is 37.8 Å². The molecule has 1 heterocycles. The van der Waals surface area contributed by atoms with Crippen LogP contribution in [-0.4, -0.2) is 50.3 Å². The molecule has 0 bridgehead atoms. The van der Waals surface area contributed by atoms with Crippen LogP contribution in [0.15, 0.2) is 11.4 Å². The molecule has 6 nitrogen and oxygen atoms in total. The molecule has 21 heavy (non-hydrogen) atoms. The largest absolute Gasteiger partial charge is 0.380 e. The molecule has 1 aromatic heterocycles. The lowest BCUT2D eigenvalue weighted by molar-refractivity contribution is 0.0795. The van der Waals surface area contributed by atoms with Gasteiger partial charge in [-0.25, -0.2) is 5.84 Å². The Kier molecular flexibility index (Phi) is 9.20.